The summed E-state index contributed by atoms with van der Waals surface area (Å²) >= 11 is 0. The van der Waals surface area contributed by atoms with Crippen molar-refractivity contribution in [2.24, 2.45) is 0 Å². The van der Waals surface area contributed by atoms with E-state index in [4.69, 9.17) is 4.74 Å². The molecule has 0 rings (SSSR count). The molecule has 4 heteroatoms. The molecule has 0 amide bonds. The van der Waals surface area contributed by atoms with Gasteiger partial charge in [-0.15, -0.1) is 0 Å². The van der Waals surface area contributed by atoms with E-state index >= 15 is 0 Å². The fourth-order valence-corrected chi connectivity index (χ4v) is 0.204. The summed E-state index contributed by atoms with van der Waals surface area (Å²) in [6.45, 7) is 5.67. The van der Waals surface area contributed by atoms with Crippen LogP contribution in [0.1, 0.15) is 13.8 Å². The second-order valence-corrected chi connectivity index (χ2v) is 0.781. The molecule has 48 valence electrons. The molecule has 0 aromatic carbocycles. The van der Waals surface area contributed by atoms with Crippen LogP contribution in [0.3, 0.4) is 0 Å². The molecule has 0 saturated carbocycles. The first kappa shape index (κ1) is 22.8. The molecule has 0 fully saturated rings. The number of halogens is 2. The zero-order valence-corrected chi connectivity index (χ0v) is 8.21. The maximum absolute atomic E-state index is 4.83. The van der Waals surface area contributed by atoms with Crippen LogP contribution in [0.4, 0.5) is 0 Å². The standard InChI is InChI=1S/C4H10O.2ClH.Mg/c1-3-5-4-2;;;/h3-4H2,1-2H3;2*1H;/q;;;+2/p-2. The van der Waals surface area contributed by atoms with E-state index in [9.17, 15) is 0 Å². The van der Waals surface area contributed by atoms with Gasteiger partial charge in [0.2, 0.25) is 0 Å². The Balaban J connectivity index is -0.0000000267. The minimum atomic E-state index is 0. The third-order valence-electron chi connectivity index (χ3n) is 0.408. The van der Waals surface area contributed by atoms with Gasteiger partial charge in [-0.25, -0.2) is 0 Å². The summed E-state index contributed by atoms with van der Waals surface area (Å²) in [6, 6.07) is 0. The predicted octanol–water partition coefficient (Wildman–Crippen LogP) is -5.33. The molecule has 1 nitrogen and oxygen atoms in total. The summed E-state index contributed by atoms with van der Waals surface area (Å²) in [7, 11) is 0. The van der Waals surface area contributed by atoms with Gasteiger partial charge in [-0.3, -0.25) is 0 Å². The van der Waals surface area contributed by atoms with Crippen LogP contribution in [0.2, 0.25) is 0 Å². The Kier molecular flexibility index (Phi) is 68.2. The van der Waals surface area contributed by atoms with E-state index in [1.807, 2.05) is 13.8 Å². The first-order chi connectivity index (χ1) is 2.41. The average Bonchev–Trinajstić information content (AvgIpc) is 1.41. The summed E-state index contributed by atoms with van der Waals surface area (Å²) in [5.74, 6) is 0. The monoisotopic (exact) mass is 168 g/mol. The van der Waals surface area contributed by atoms with Crippen LogP contribution >= 0.6 is 0 Å². The molecule has 0 aliphatic heterocycles. The predicted molar refractivity (Wildman–Crippen MR) is 27.9 cm³/mol. The Morgan fingerprint density at radius 2 is 1.25 bits per heavy atom. The van der Waals surface area contributed by atoms with Crippen LogP contribution < -0.4 is 24.8 Å². The van der Waals surface area contributed by atoms with Gasteiger partial charge in [0.1, 0.15) is 0 Å². The molecule has 0 aromatic heterocycles. The third-order valence-corrected chi connectivity index (χ3v) is 0.408. The van der Waals surface area contributed by atoms with E-state index in [2.05, 4.69) is 0 Å². The van der Waals surface area contributed by atoms with Crippen LogP contribution in [0.25, 0.3) is 0 Å². The maximum Gasteiger partial charge on any atom is 2.00 e. The van der Waals surface area contributed by atoms with Crippen molar-refractivity contribution in [3.63, 3.8) is 0 Å². The van der Waals surface area contributed by atoms with Gasteiger partial charge in [0.25, 0.3) is 0 Å². The first-order valence-electron chi connectivity index (χ1n) is 1.99. The quantitative estimate of drug-likeness (QED) is 0.375. The topological polar surface area (TPSA) is 9.23 Å². The van der Waals surface area contributed by atoms with Crippen molar-refractivity contribution < 1.29 is 29.6 Å². The van der Waals surface area contributed by atoms with Gasteiger partial charge in [-0.1, -0.05) is 0 Å². The van der Waals surface area contributed by atoms with Crippen molar-refractivity contribution in [3.05, 3.63) is 0 Å². The first-order valence-corrected chi connectivity index (χ1v) is 1.99. The summed E-state index contributed by atoms with van der Waals surface area (Å²) in [6.07, 6.45) is 0. The zero-order valence-electron chi connectivity index (χ0n) is 5.29. The Hall–Kier alpha value is 1.31. The normalized spacial score (nSPS) is 5.25. The van der Waals surface area contributed by atoms with Crippen molar-refractivity contribution in [3.8, 4) is 0 Å². The molecular weight excluding hydrogens is 159 g/mol. The van der Waals surface area contributed by atoms with Gasteiger partial charge >= 0.3 is 23.1 Å². The van der Waals surface area contributed by atoms with Crippen LogP contribution in [-0.4, -0.2) is 36.3 Å². The smallest absolute Gasteiger partial charge is 1.00 e. The molecule has 0 aliphatic carbocycles. The molecule has 0 heterocycles. The van der Waals surface area contributed by atoms with Crippen LogP contribution in [0, 0.1) is 0 Å². The number of hydrogen-bond acceptors (Lipinski definition) is 1. The van der Waals surface area contributed by atoms with E-state index in [1.54, 1.807) is 0 Å². The van der Waals surface area contributed by atoms with E-state index in [-0.39, 0.29) is 47.9 Å². The Bertz CT molecular complexity index is 21.5. The molecule has 0 radical (unpaired) electrons. The fourth-order valence-electron chi connectivity index (χ4n) is 0.204. The number of rotatable bonds is 2. The van der Waals surface area contributed by atoms with E-state index < -0.39 is 0 Å². The molecule has 0 spiro atoms. The van der Waals surface area contributed by atoms with E-state index in [0.29, 0.717) is 0 Å². The maximum atomic E-state index is 4.83. The van der Waals surface area contributed by atoms with Crippen LogP contribution in [-0.2, 0) is 4.74 Å². The van der Waals surface area contributed by atoms with Crippen LogP contribution in [0.5, 0.6) is 0 Å². The van der Waals surface area contributed by atoms with Crippen molar-refractivity contribution in [2.75, 3.05) is 13.2 Å². The fraction of sp³-hybridized carbons (Fsp3) is 1.00. The second-order valence-electron chi connectivity index (χ2n) is 0.781. The molecule has 0 saturated heterocycles. The van der Waals surface area contributed by atoms with Gasteiger partial charge in [0.05, 0.1) is 0 Å². The van der Waals surface area contributed by atoms with Gasteiger partial charge in [0.15, 0.2) is 0 Å². The summed E-state index contributed by atoms with van der Waals surface area (Å²) in [4.78, 5) is 0. The molecule has 0 unspecified atom stereocenters. The number of ether oxygens (including phenoxy) is 1. The third kappa shape index (κ3) is 26.6. The zero-order chi connectivity index (χ0) is 4.12. The Morgan fingerprint density at radius 1 is 1.00 bits per heavy atom. The second kappa shape index (κ2) is 23.9. The van der Waals surface area contributed by atoms with E-state index in [1.165, 1.54) is 0 Å². The van der Waals surface area contributed by atoms with Gasteiger partial charge in [-0.05, 0) is 13.8 Å². The summed E-state index contributed by atoms with van der Waals surface area (Å²) in [5.41, 5.74) is 0. The van der Waals surface area contributed by atoms with Gasteiger partial charge in [0, 0.05) is 13.2 Å². The van der Waals surface area contributed by atoms with Crippen molar-refractivity contribution in [2.45, 2.75) is 13.8 Å². The minimum Gasteiger partial charge on any atom is -1.00 e. The molecular formula is C4H10Cl2MgO. The minimum absolute atomic E-state index is 0. The van der Waals surface area contributed by atoms with Crippen molar-refractivity contribution in [1.29, 1.82) is 0 Å². The molecule has 0 aromatic rings. The summed E-state index contributed by atoms with van der Waals surface area (Å²) < 4.78 is 4.83. The SMILES string of the molecule is CCOCC.[Cl-].[Cl-].[Mg+2]. The Morgan fingerprint density at radius 3 is 1.25 bits per heavy atom. The summed E-state index contributed by atoms with van der Waals surface area (Å²) in [5, 5.41) is 0. The molecule has 0 N–H and O–H groups in total. The number of hydrogen-bond donors (Lipinski definition) is 0. The molecule has 0 atom stereocenters. The van der Waals surface area contributed by atoms with Crippen molar-refractivity contribution >= 4 is 23.1 Å². The van der Waals surface area contributed by atoms with Crippen molar-refractivity contribution in [1.82, 2.24) is 0 Å². The van der Waals surface area contributed by atoms with Crippen LogP contribution in [0.15, 0.2) is 0 Å². The molecule has 0 aliphatic rings. The van der Waals surface area contributed by atoms with Gasteiger partial charge < -0.3 is 29.6 Å². The molecule has 0 bridgehead atoms. The van der Waals surface area contributed by atoms with E-state index in [0.717, 1.165) is 13.2 Å². The Labute approximate surface area is 79.5 Å². The van der Waals surface area contributed by atoms with Gasteiger partial charge in [-0.2, -0.15) is 0 Å². The average molecular weight is 169 g/mol. The molecule has 8 heavy (non-hydrogen) atoms. The largest absolute Gasteiger partial charge is 2.00 e.